The highest BCUT2D eigenvalue weighted by Crippen LogP contribution is 2.73. The molecule has 0 unspecified atom stereocenters. The predicted molar refractivity (Wildman–Crippen MR) is 106 cm³/mol. The topological polar surface area (TPSA) is 71.1 Å². The Balaban J connectivity index is 1.72. The van der Waals surface area contributed by atoms with Crippen molar-refractivity contribution in [2.75, 3.05) is 28.4 Å². The molecule has 0 saturated heterocycles. The largest absolute Gasteiger partial charge is 0.352 e. The smallest absolute Gasteiger partial charge is 0.182 e. The zero-order chi connectivity index (χ0) is 20.3. The molecule has 0 amide bonds. The average Bonchev–Trinajstić information content (AvgIpc) is 3.37. The number of alkyl halides is 2. The van der Waals surface area contributed by atoms with Crippen molar-refractivity contribution < 1.29 is 28.5 Å². The summed E-state index contributed by atoms with van der Waals surface area (Å²) in [5, 5.41) is 0. The lowest BCUT2D eigenvalue weighted by molar-refractivity contribution is -0.235. The van der Waals surface area contributed by atoms with E-state index in [0.29, 0.717) is 0 Å². The van der Waals surface area contributed by atoms with Crippen molar-refractivity contribution in [1.29, 1.82) is 0 Å². The van der Waals surface area contributed by atoms with Crippen LogP contribution in [0.1, 0.15) is 0 Å². The molecule has 0 aromatic heterocycles. The molecule has 4 bridgehead atoms. The Morgan fingerprint density at radius 2 is 1.00 bits per heavy atom. The molecule has 0 aromatic carbocycles. The number of rotatable bonds is 4. The van der Waals surface area contributed by atoms with E-state index in [1.54, 1.807) is 28.4 Å². The predicted octanol–water partition coefficient (Wildman–Crippen LogP) is 2.25. The molecule has 0 heterocycles. The number of ketones is 2. The van der Waals surface area contributed by atoms with Crippen LogP contribution in [0.25, 0.3) is 0 Å². The van der Waals surface area contributed by atoms with E-state index >= 15 is 0 Å². The van der Waals surface area contributed by atoms with Gasteiger partial charge in [0.2, 0.25) is 0 Å². The van der Waals surface area contributed by atoms with E-state index in [1.807, 2.05) is 24.3 Å². The second kappa shape index (κ2) is 5.65. The maximum absolute atomic E-state index is 14.1. The van der Waals surface area contributed by atoms with Gasteiger partial charge in [-0.25, -0.2) is 0 Å². The fraction of sp³-hybridized carbons (Fsp3) is 0.700. The van der Waals surface area contributed by atoms with E-state index in [-0.39, 0.29) is 23.4 Å². The van der Waals surface area contributed by atoms with Crippen LogP contribution in [0.5, 0.6) is 0 Å². The number of carbonyl (C=O) groups is 2. The zero-order valence-electron chi connectivity index (χ0n) is 16.0. The van der Waals surface area contributed by atoms with Crippen LogP contribution < -0.4 is 0 Å². The summed E-state index contributed by atoms with van der Waals surface area (Å²) in [7, 11) is 6.26. The number of fused-ring (bicyclic) bond motifs is 10. The minimum Gasteiger partial charge on any atom is -0.352 e. The molecule has 8 heteroatoms. The van der Waals surface area contributed by atoms with Gasteiger partial charge in [0.15, 0.2) is 23.1 Å². The van der Waals surface area contributed by atoms with Gasteiger partial charge in [0.05, 0.1) is 23.7 Å². The van der Waals surface area contributed by atoms with Crippen molar-refractivity contribution >= 4 is 43.4 Å². The molecule has 5 aliphatic carbocycles. The SMILES string of the molecule is COC1(OC)[C@@H]2C=C[C@H]1[C@@]1(Br)C(=O)[C@H]3[C@H]4C=C[C@H](C4(OC)OC)[C@@]3(Br)C(=O)[C@@H]21. The highest BCUT2D eigenvalue weighted by atomic mass is 79.9. The summed E-state index contributed by atoms with van der Waals surface area (Å²) in [5.74, 6) is -4.86. The Hall–Kier alpha value is -0.380. The van der Waals surface area contributed by atoms with Crippen LogP contribution in [0, 0.1) is 35.5 Å². The Bertz CT molecular complexity index is 763. The molecule has 0 aliphatic heterocycles. The quantitative estimate of drug-likeness (QED) is 0.323. The van der Waals surface area contributed by atoms with Crippen molar-refractivity contribution in [2.24, 2.45) is 35.5 Å². The third-order valence-corrected chi connectivity index (χ3v) is 10.7. The van der Waals surface area contributed by atoms with Gasteiger partial charge in [-0.05, 0) is 0 Å². The number of Topliss-reactive ketones (excluding diaryl/α,β-unsaturated/α-hetero) is 2. The molecule has 0 spiro atoms. The highest BCUT2D eigenvalue weighted by molar-refractivity contribution is 9.10. The number of hydrogen-bond acceptors (Lipinski definition) is 6. The Labute approximate surface area is 180 Å². The molecule has 5 aliphatic rings. The van der Waals surface area contributed by atoms with Crippen LogP contribution in [-0.2, 0) is 28.5 Å². The van der Waals surface area contributed by atoms with E-state index in [9.17, 15) is 9.59 Å². The molecule has 5 rings (SSSR count). The zero-order valence-corrected chi connectivity index (χ0v) is 19.2. The van der Waals surface area contributed by atoms with Gasteiger partial charge in [0, 0.05) is 40.3 Å². The number of carbonyl (C=O) groups excluding carboxylic acids is 2. The lowest BCUT2D eigenvalue weighted by Gasteiger charge is -2.48. The first kappa shape index (κ1) is 19.6. The van der Waals surface area contributed by atoms with Gasteiger partial charge < -0.3 is 18.9 Å². The van der Waals surface area contributed by atoms with Crippen molar-refractivity contribution in [1.82, 2.24) is 0 Å². The fourth-order valence-corrected chi connectivity index (χ4v) is 9.31. The van der Waals surface area contributed by atoms with E-state index in [4.69, 9.17) is 18.9 Å². The first-order chi connectivity index (χ1) is 13.3. The molecule has 152 valence electrons. The van der Waals surface area contributed by atoms with Crippen molar-refractivity contribution in [3.63, 3.8) is 0 Å². The van der Waals surface area contributed by atoms with Crippen LogP contribution in [-0.4, -0.2) is 60.2 Å². The second-order valence-corrected chi connectivity index (χ2v) is 10.9. The number of methoxy groups -OCH3 is 4. The standard InChI is InChI=1S/C20H22Br2O6/c1-25-19(26-2)9-5-7-11(19)17(21)13(9)15(23)18(22)12-8-6-10(14(18)16(17)24)20(12,27-3)28-4/h5-14H,1-4H3/t9-,10-,11+,12+,13-,14-,17+,18+/m1/s1. The molecule has 6 nitrogen and oxygen atoms in total. The van der Waals surface area contributed by atoms with Crippen LogP contribution >= 0.6 is 31.9 Å². The van der Waals surface area contributed by atoms with Gasteiger partial charge in [0.1, 0.15) is 8.65 Å². The third kappa shape index (κ3) is 1.63. The number of hydrogen-bond donors (Lipinski definition) is 0. The molecule has 0 radical (unpaired) electrons. The normalized spacial score (nSPS) is 51.1. The summed E-state index contributed by atoms with van der Waals surface area (Å²) in [6, 6.07) is 0. The van der Waals surface area contributed by atoms with Gasteiger partial charge in [0.25, 0.3) is 0 Å². The van der Waals surface area contributed by atoms with Gasteiger partial charge in [-0.2, -0.15) is 0 Å². The molecule has 8 atom stereocenters. The van der Waals surface area contributed by atoms with Crippen molar-refractivity contribution in [3.8, 4) is 0 Å². The van der Waals surface area contributed by atoms with Crippen LogP contribution in [0.4, 0.5) is 0 Å². The van der Waals surface area contributed by atoms with Crippen molar-refractivity contribution in [2.45, 2.75) is 20.2 Å². The number of halogens is 2. The maximum Gasteiger partial charge on any atom is 0.182 e. The first-order valence-electron chi connectivity index (χ1n) is 9.29. The summed E-state index contributed by atoms with van der Waals surface area (Å²) < 4.78 is 21.0. The van der Waals surface area contributed by atoms with Crippen molar-refractivity contribution in [3.05, 3.63) is 24.3 Å². The summed E-state index contributed by atoms with van der Waals surface area (Å²) in [4.78, 5) is 28.1. The molecule has 28 heavy (non-hydrogen) atoms. The van der Waals surface area contributed by atoms with E-state index in [0.717, 1.165) is 0 Å². The lowest BCUT2D eigenvalue weighted by Crippen LogP contribution is -2.65. The van der Waals surface area contributed by atoms with Gasteiger partial charge in [-0.1, -0.05) is 56.2 Å². The van der Waals surface area contributed by atoms with E-state index < -0.39 is 43.9 Å². The molecular formula is C20H22Br2O6. The minimum atomic E-state index is -1.08. The third-order valence-electron chi connectivity index (χ3n) is 7.94. The summed E-state index contributed by atoms with van der Waals surface area (Å²) in [6.07, 6.45) is 7.79. The van der Waals surface area contributed by atoms with Gasteiger partial charge in [-0.15, -0.1) is 0 Å². The highest BCUT2D eigenvalue weighted by Gasteiger charge is 2.85. The van der Waals surface area contributed by atoms with Crippen LogP contribution in [0.15, 0.2) is 24.3 Å². The summed E-state index contributed by atoms with van der Waals surface area (Å²) >= 11 is 7.50. The Morgan fingerprint density at radius 1 is 0.679 bits per heavy atom. The monoisotopic (exact) mass is 516 g/mol. The minimum absolute atomic E-state index is 0.0281. The number of ether oxygens (including phenoxy) is 4. The van der Waals surface area contributed by atoms with Gasteiger partial charge in [-0.3, -0.25) is 9.59 Å². The average molecular weight is 518 g/mol. The van der Waals surface area contributed by atoms with Gasteiger partial charge >= 0.3 is 0 Å². The summed E-state index contributed by atoms with van der Waals surface area (Å²) in [6.45, 7) is 0. The first-order valence-corrected chi connectivity index (χ1v) is 10.9. The Morgan fingerprint density at radius 3 is 1.29 bits per heavy atom. The van der Waals surface area contributed by atoms with E-state index in [2.05, 4.69) is 31.9 Å². The molecule has 0 N–H and O–H groups in total. The summed E-state index contributed by atoms with van der Waals surface area (Å²) in [5.41, 5.74) is 0. The molecule has 3 fully saturated rings. The maximum atomic E-state index is 14.1. The molecule has 3 saturated carbocycles. The molecular weight excluding hydrogens is 496 g/mol. The van der Waals surface area contributed by atoms with Crippen LogP contribution in [0.2, 0.25) is 0 Å². The Kier molecular flexibility index (Phi) is 3.95. The second-order valence-electron chi connectivity index (χ2n) is 8.26. The lowest BCUT2D eigenvalue weighted by atomic mass is 9.60. The van der Waals surface area contributed by atoms with Crippen LogP contribution in [0.3, 0.4) is 0 Å². The van der Waals surface area contributed by atoms with E-state index in [1.165, 1.54) is 0 Å². The fourth-order valence-electron chi connectivity index (χ4n) is 6.89. The molecule has 0 aromatic rings.